The minimum absolute atomic E-state index is 0.0634. The lowest BCUT2D eigenvalue weighted by atomic mass is 9.44. The largest absolute Gasteiger partial charge is 0.458 e. The molecular formula is C23H32O7. The zero-order chi connectivity index (χ0) is 22.1. The van der Waals surface area contributed by atoms with Crippen LogP contribution in [0.1, 0.15) is 65.7 Å². The summed E-state index contributed by atoms with van der Waals surface area (Å²) in [6.45, 7) is 4.41. The molecule has 3 N–H and O–H groups in total. The van der Waals surface area contributed by atoms with Gasteiger partial charge in [-0.1, -0.05) is 19.4 Å². The third kappa shape index (κ3) is 2.64. The van der Waals surface area contributed by atoms with Gasteiger partial charge in [-0.3, -0.25) is 14.4 Å². The number of allylic oxidation sites excluding steroid dienone is 1. The summed E-state index contributed by atoms with van der Waals surface area (Å²) in [6, 6.07) is 0. The van der Waals surface area contributed by atoms with Gasteiger partial charge in [-0.25, -0.2) is 0 Å². The molecule has 0 bridgehead atoms. The van der Waals surface area contributed by atoms with Crippen LogP contribution in [0.15, 0.2) is 11.6 Å². The summed E-state index contributed by atoms with van der Waals surface area (Å²) >= 11 is 0. The van der Waals surface area contributed by atoms with Crippen molar-refractivity contribution >= 4 is 17.5 Å². The Morgan fingerprint density at radius 2 is 1.87 bits per heavy atom. The SMILES string of the molecule is CC(=O)OCC(=O)[C@@]1(O)CC[C@@]2(O)[C@@H]3CCC4=CC(=O)CC[C@]4(C)[C@H]3[C@H](O)C[C@@]21C. The first-order chi connectivity index (χ1) is 13.9. The van der Waals surface area contributed by atoms with Crippen molar-refractivity contribution in [3.63, 3.8) is 0 Å². The van der Waals surface area contributed by atoms with Gasteiger partial charge in [0.1, 0.15) is 5.60 Å². The van der Waals surface area contributed by atoms with Crippen LogP contribution in [0.3, 0.4) is 0 Å². The Morgan fingerprint density at radius 1 is 1.17 bits per heavy atom. The van der Waals surface area contributed by atoms with E-state index in [1.54, 1.807) is 13.0 Å². The van der Waals surface area contributed by atoms with Crippen molar-refractivity contribution in [3.8, 4) is 0 Å². The van der Waals surface area contributed by atoms with Gasteiger partial charge in [0.2, 0.25) is 5.78 Å². The number of fused-ring (bicyclic) bond motifs is 5. The standard InChI is InChI=1S/C23H32O7/c1-13(24)30-12-18(27)23(29)9-8-22(28)16-5-4-14-10-15(25)6-7-20(14,2)19(16)17(26)11-21(22,23)3/h10,16-17,19,26,28-29H,4-9,11-12H2,1-3H3/t16-,17-,19-,20+,21+,22-,23+/m1/s1. The molecule has 0 heterocycles. The highest BCUT2D eigenvalue weighted by atomic mass is 16.5. The van der Waals surface area contributed by atoms with E-state index in [1.807, 2.05) is 0 Å². The molecule has 0 aromatic rings. The van der Waals surface area contributed by atoms with Crippen LogP contribution in [0.4, 0.5) is 0 Å². The second-order valence-corrected chi connectivity index (χ2v) is 10.3. The molecule has 0 aliphatic heterocycles. The van der Waals surface area contributed by atoms with E-state index in [0.29, 0.717) is 25.7 Å². The summed E-state index contributed by atoms with van der Waals surface area (Å²) in [6.07, 6.45) is 3.59. The van der Waals surface area contributed by atoms with Gasteiger partial charge in [0.15, 0.2) is 12.4 Å². The molecule has 0 unspecified atom stereocenters. The molecule has 7 atom stereocenters. The van der Waals surface area contributed by atoms with Crippen LogP contribution in [-0.2, 0) is 19.1 Å². The highest BCUT2D eigenvalue weighted by Crippen LogP contribution is 2.69. The van der Waals surface area contributed by atoms with E-state index in [-0.39, 0.29) is 42.3 Å². The number of aliphatic hydroxyl groups excluding tert-OH is 1. The van der Waals surface area contributed by atoms with E-state index >= 15 is 0 Å². The van der Waals surface area contributed by atoms with Crippen molar-refractivity contribution in [1.82, 2.24) is 0 Å². The van der Waals surface area contributed by atoms with E-state index in [0.717, 1.165) is 5.57 Å². The monoisotopic (exact) mass is 420 g/mol. The normalized spacial score (nSPS) is 47.6. The summed E-state index contributed by atoms with van der Waals surface area (Å²) in [4.78, 5) is 36.0. The Kier molecular flexibility index (Phi) is 4.84. The maximum absolute atomic E-state index is 12.9. The van der Waals surface area contributed by atoms with Crippen LogP contribution in [-0.4, -0.2) is 56.8 Å². The Bertz CT molecular complexity index is 833. The zero-order valence-electron chi connectivity index (χ0n) is 17.9. The Balaban J connectivity index is 1.72. The molecule has 7 heteroatoms. The van der Waals surface area contributed by atoms with E-state index < -0.39 is 41.1 Å². The second-order valence-electron chi connectivity index (χ2n) is 10.3. The molecule has 30 heavy (non-hydrogen) atoms. The highest BCUT2D eigenvalue weighted by Gasteiger charge is 2.74. The molecular weight excluding hydrogens is 388 g/mol. The molecule has 0 spiro atoms. The van der Waals surface area contributed by atoms with Crippen molar-refractivity contribution in [2.75, 3.05) is 6.61 Å². The van der Waals surface area contributed by atoms with Crippen molar-refractivity contribution in [3.05, 3.63) is 11.6 Å². The van der Waals surface area contributed by atoms with Crippen LogP contribution in [0, 0.1) is 22.7 Å². The first-order valence-electron chi connectivity index (χ1n) is 10.9. The third-order valence-corrected chi connectivity index (χ3v) is 9.10. The lowest BCUT2D eigenvalue weighted by Gasteiger charge is -2.63. The lowest BCUT2D eigenvalue weighted by Crippen LogP contribution is -2.69. The Hall–Kier alpha value is -1.57. The summed E-state index contributed by atoms with van der Waals surface area (Å²) in [5.41, 5.74) is -3.78. The summed E-state index contributed by atoms with van der Waals surface area (Å²) in [5, 5.41) is 34.8. The molecule has 4 aliphatic rings. The molecule has 166 valence electrons. The maximum Gasteiger partial charge on any atom is 0.303 e. The van der Waals surface area contributed by atoms with Gasteiger partial charge >= 0.3 is 5.97 Å². The summed E-state index contributed by atoms with van der Waals surface area (Å²) in [7, 11) is 0. The topological polar surface area (TPSA) is 121 Å². The lowest BCUT2D eigenvalue weighted by molar-refractivity contribution is -0.243. The average molecular weight is 421 g/mol. The zero-order valence-corrected chi connectivity index (χ0v) is 17.9. The van der Waals surface area contributed by atoms with Crippen molar-refractivity contribution in [2.24, 2.45) is 22.7 Å². The number of hydrogen-bond acceptors (Lipinski definition) is 7. The van der Waals surface area contributed by atoms with Crippen LogP contribution in [0.5, 0.6) is 0 Å². The molecule has 0 aromatic carbocycles. The fourth-order valence-corrected chi connectivity index (χ4v) is 7.38. The number of carbonyl (C=O) groups is 3. The summed E-state index contributed by atoms with van der Waals surface area (Å²) < 4.78 is 4.84. The Labute approximate surface area is 176 Å². The van der Waals surface area contributed by atoms with Gasteiger partial charge in [0.25, 0.3) is 0 Å². The highest BCUT2D eigenvalue weighted by molar-refractivity contribution is 5.92. The molecule has 0 aromatic heterocycles. The maximum atomic E-state index is 12.9. The van der Waals surface area contributed by atoms with E-state index in [4.69, 9.17) is 4.74 Å². The predicted molar refractivity (Wildman–Crippen MR) is 106 cm³/mol. The fraction of sp³-hybridized carbons (Fsp3) is 0.783. The number of ether oxygens (including phenoxy) is 1. The van der Waals surface area contributed by atoms with Crippen LogP contribution < -0.4 is 0 Å². The van der Waals surface area contributed by atoms with Gasteiger partial charge in [-0.05, 0) is 61.9 Å². The predicted octanol–water partition coefficient (Wildman–Crippen LogP) is 1.47. The number of hydrogen-bond donors (Lipinski definition) is 3. The number of Topliss-reactive ketones (excluding diaryl/α,β-unsaturated/α-hetero) is 1. The second kappa shape index (κ2) is 6.71. The van der Waals surface area contributed by atoms with Gasteiger partial charge in [-0.15, -0.1) is 0 Å². The van der Waals surface area contributed by atoms with Crippen molar-refractivity contribution in [1.29, 1.82) is 0 Å². The average Bonchev–Trinajstić information content (AvgIpc) is 2.88. The minimum atomic E-state index is -1.87. The molecule has 7 nitrogen and oxygen atoms in total. The van der Waals surface area contributed by atoms with Crippen LogP contribution in [0.25, 0.3) is 0 Å². The van der Waals surface area contributed by atoms with Gasteiger partial charge in [0, 0.05) is 18.8 Å². The molecule has 0 radical (unpaired) electrons. The quantitative estimate of drug-likeness (QED) is 0.591. The first-order valence-corrected chi connectivity index (χ1v) is 10.9. The molecule has 4 rings (SSSR count). The Morgan fingerprint density at radius 3 is 2.53 bits per heavy atom. The number of aliphatic hydroxyl groups is 3. The van der Waals surface area contributed by atoms with Crippen LogP contribution >= 0.6 is 0 Å². The molecule has 4 aliphatic carbocycles. The first kappa shape index (κ1) is 21.7. The molecule has 3 saturated carbocycles. The van der Waals surface area contributed by atoms with E-state index in [9.17, 15) is 29.7 Å². The van der Waals surface area contributed by atoms with E-state index in [1.165, 1.54) is 6.92 Å². The van der Waals surface area contributed by atoms with Crippen molar-refractivity contribution in [2.45, 2.75) is 83.0 Å². The number of ketones is 2. The molecule has 0 amide bonds. The summed E-state index contributed by atoms with van der Waals surface area (Å²) in [5.74, 6) is -1.67. The minimum Gasteiger partial charge on any atom is -0.458 e. The number of rotatable bonds is 3. The molecule has 3 fully saturated rings. The van der Waals surface area contributed by atoms with Gasteiger partial charge in [0.05, 0.1) is 11.7 Å². The number of esters is 1. The van der Waals surface area contributed by atoms with Crippen LogP contribution in [0.2, 0.25) is 0 Å². The fourth-order valence-electron chi connectivity index (χ4n) is 7.38. The molecule has 0 saturated heterocycles. The van der Waals surface area contributed by atoms with Crippen molar-refractivity contribution < 1.29 is 34.4 Å². The van der Waals surface area contributed by atoms with E-state index in [2.05, 4.69) is 6.92 Å². The van der Waals surface area contributed by atoms with Gasteiger partial charge in [-0.2, -0.15) is 0 Å². The number of carbonyl (C=O) groups excluding carboxylic acids is 3. The smallest absolute Gasteiger partial charge is 0.303 e. The third-order valence-electron chi connectivity index (χ3n) is 9.10. The van der Waals surface area contributed by atoms with Gasteiger partial charge < -0.3 is 20.1 Å².